The first-order chi connectivity index (χ1) is 10.2. The maximum atomic E-state index is 12.2. The van der Waals surface area contributed by atoms with E-state index in [1.54, 1.807) is 25.3 Å². The van der Waals surface area contributed by atoms with Crippen LogP contribution in [0.5, 0.6) is 0 Å². The third-order valence-corrected chi connectivity index (χ3v) is 4.92. The van der Waals surface area contributed by atoms with E-state index in [0.29, 0.717) is 24.3 Å². The molecule has 122 valence electrons. The molecule has 2 rings (SSSR count). The average molecular weight is 326 g/mol. The number of sulfonamides is 1. The summed E-state index contributed by atoms with van der Waals surface area (Å²) in [4.78, 5) is 12.2. The van der Waals surface area contributed by atoms with Gasteiger partial charge in [0.15, 0.2) is 0 Å². The van der Waals surface area contributed by atoms with Crippen LogP contribution in [-0.4, -0.2) is 46.4 Å². The first kappa shape index (κ1) is 16.8. The Kier molecular flexibility index (Phi) is 4.77. The van der Waals surface area contributed by atoms with Gasteiger partial charge in [0.1, 0.15) is 0 Å². The van der Waals surface area contributed by atoms with Gasteiger partial charge in [0.2, 0.25) is 10.0 Å². The lowest BCUT2D eigenvalue weighted by atomic mass is 10.1. The van der Waals surface area contributed by atoms with Crippen LogP contribution in [0.2, 0.25) is 0 Å². The first-order valence-corrected chi connectivity index (χ1v) is 9.01. The molecular weight excluding hydrogens is 304 g/mol. The van der Waals surface area contributed by atoms with E-state index in [0.717, 1.165) is 5.56 Å². The standard InChI is InChI=1S/C15H22N2O4S/c1-10(9-21-3)16-15(18)12-5-6-14-13(8-12)7-11(2)17(14)22(4,19)20/h5-6,8,10-11H,7,9H2,1-4H3,(H,16,18)/t10-,11+/m1/s1. The van der Waals surface area contributed by atoms with Crippen LogP contribution in [0.1, 0.15) is 29.8 Å². The summed E-state index contributed by atoms with van der Waals surface area (Å²) < 4.78 is 30.2. The van der Waals surface area contributed by atoms with E-state index in [-0.39, 0.29) is 18.0 Å². The number of amides is 1. The van der Waals surface area contributed by atoms with E-state index in [1.807, 2.05) is 13.8 Å². The molecule has 2 atom stereocenters. The van der Waals surface area contributed by atoms with Crippen molar-refractivity contribution in [1.29, 1.82) is 0 Å². The predicted octanol–water partition coefficient (Wildman–Crippen LogP) is 1.16. The maximum Gasteiger partial charge on any atom is 0.251 e. The number of methoxy groups -OCH3 is 1. The number of fused-ring (bicyclic) bond motifs is 1. The number of carbonyl (C=O) groups excluding carboxylic acids is 1. The molecule has 1 N–H and O–H groups in total. The highest BCUT2D eigenvalue weighted by atomic mass is 32.2. The van der Waals surface area contributed by atoms with Crippen LogP contribution in [0.15, 0.2) is 18.2 Å². The van der Waals surface area contributed by atoms with E-state index in [4.69, 9.17) is 4.74 Å². The molecule has 0 aromatic heterocycles. The van der Waals surface area contributed by atoms with Gasteiger partial charge in [-0.05, 0) is 44.0 Å². The molecule has 1 heterocycles. The molecule has 0 unspecified atom stereocenters. The number of carbonyl (C=O) groups is 1. The zero-order chi connectivity index (χ0) is 16.5. The molecular formula is C15H22N2O4S. The zero-order valence-electron chi connectivity index (χ0n) is 13.3. The molecule has 0 spiro atoms. The Bertz CT molecular complexity index is 672. The van der Waals surface area contributed by atoms with Crippen molar-refractivity contribution in [3.05, 3.63) is 29.3 Å². The average Bonchev–Trinajstić information content (AvgIpc) is 2.73. The Hall–Kier alpha value is -1.60. The van der Waals surface area contributed by atoms with Gasteiger partial charge in [0, 0.05) is 24.8 Å². The fourth-order valence-corrected chi connectivity index (χ4v) is 4.11. The maximum absolute atomic E-state index is 12.2. The second kappa shape index (κ2) is 6.26. The Morgan fingerprint density at radius 1 is 1.50 bits per heavy atom. The van der Waals surface area contributed by atoms with Gasteiger partial charge in [0.25, 0.3) is 5.91 Å². The number of hydrogen-bond donors (Lipinski definition) is 1. The topological polar surface area (TPSA) is 75.7 Å². The minimum Gasteiger partial charge on any atom is -0.383 e. The lowest BCUT2D eigenvalue weighted by Gasteiger charge is -2.22. The zero-order valence-corrected chi connectivity index (χ0v) is 14.1. The molecule has 0 aliphatic carbocycles. The van der Waals surface area contributed by atoms with Crippen molar-refractivity contribution in [2.45, 2.75) is 32.4 Å². The summed E-state index contributed by atoms with van der Waals surface area (Å²) in [6.45, 7) is 4.17. The van der Waals surface area contributed by atoms with Gasteiger partial charge in [-0.1, -0.05) is 0 Å². The van der Waals surface area contributed by atoms with Crippen molar-refractivity contribution in [1.82, 2.24) is 5.32 Å². The molecule has 0 fully saturated rings. The second-order valence-corrected chi connectivity index (χ2v) is 7.64. The normalized spacial score (nSPS) is 18.9. The number of rotatable bonds is 5. The van der Waals surface area contributed by atoms with Crippen molar-refractivity contribution in [2.24, 2.45) is 0 Å². The van der Waals surface area contributed by atoms with Crippen LogP contribution in [-0.2, 0) is 21.2 Å². The summed E-state index contributed by atoms with van der Waals surface area (Å²) in [7, 11) is -1.73. The first-order valence-electron chi connectivity index (χ1n) is 7.16. The van der Waals surface area contributed by atoms with E-state index in [1.165, 1.54) is 10.6 Å². The van der Waals surface area contributed by atoms with Gasteiger partial charge in [-0.15, -0.1) is 0 Å². The summed E-state index contributed by atoms with van der Waals surface area (Å²) in [5.41, 5.74) is 2.07. The van der Waals surface area contributed by atoms with Gasteiger partial charge in [-0.25, -0.2) is 8.42 Å². The lowest BCUT2D eigenvalue weighted by molar-refractivity contribution is 0.0905. The van der Waals surface area contributed by atoms with Crippen molar-refractivity contribution in [2.75, 3.05) is 24.3 Å². The van der Waals surface area contributed by atoms with Gasteiger partial charge in [-0.2, -0.15) is 0 Å². The van der Waals surface area contributed by atoms with Gasteiger partial charge in [0.05, 0.1) is 18.6 Å². The molecule has 0 saturated carbocycles. The van der Waals surface area contributed by atoms with Gasteiger partial charge >= 0.3 is 0 Å². The van der Waals surface area contributed by atoms with E-state index >= 15 is 0 Å². The van der Waals surface area contributed by atoms with Gasteiger partial charge in [-0.3, -0.25) is 9.10 Å². The molecule has 1 aromatic rings. The Morgan fingerprint density at radius 2 is 2.18 bits per heavy atom. The molecule has 0 saturated heterocycles. The largest absolute Gasteiger partial charge is 0.383 e. The summed E-state index contributed by atoms with van der Waals surface area (Å²) in [5.74, 6) is -0.183. The Balaban J connectivity index is 2.24. The number of hydrogen-bond acceptors (Lipinski definition) is 4. The monoisotopic (exact) mass is 326 g/mol. The van der Waals surface area contributed by atoms with E-state index in [9.17, 15) is 13.2 Å². The minimum absolute atomic E-state index is 0.0859. The molecule has 6 nitrogen and oxygen atoms in total. The molecule has 0 radical (unpaired) electrons. The van der Waals surface area contributed by atoms with Crippen LogP contribution in [0.4, 0.5) is 5.69 Å². The molecule has 1 aliphatic heterocycles. The van der Waals surface area contributed by atoms with Crippen LogP contribution in [0.25, 0.3) is 0 Å². The SMILES string of the molecule is COC[C@@H](C)NC(=O)c1ccc2c(c1)C[C@H](C)N2S(C)(=O)=O. The van der Waals surface area contributed by atoms with Crippen LogP contribution in [0, 0.1) is 0 Å². The number of benzene rings is 1. The third kappa shape index (κ3) is 3.41. The Labute approximate surface area is 131 Å². The van der Waals surface area contributed by atoms with Crippen LogP contribution < -0.4 is 9.62 Å². The van der Waals surface area contributed by atoms with Crippen molar-refractivity contribution in [3.8, 4) is 0 Å². The number of anilines is 1. The smallest absolute Gasteiger partial charge is 0.251 e. The van der Waals surface area contributed by atoms with E-state index in [2.05, 4.69) is 5.32 Å². The van der Waals surface area contributed by atoms with Crippen molar-refractivity contribution < 1.29 is 17.9 Å². The summed E-state index contributed by atoms with van der Waals surface area (Å²) >= 11 is 0. The highest BCUT2D eigenvalue weighted by Gasteiger charge is 2.32. The Morgan fingerprint density at radius 3 is 2.77 bits per heavy atom. The molecule has 1 aromatic carbocycles. The lowest BCUT2D eigenvalue weighted by Crippen LogP contribution is -2.35. The van der Waals surface area contributed by atoms with Crippen molar-refractivity contribution in [3.63, 3.8) is 0 Å². The van der Waals surface area contributed by atoms with Gasteiger partial charge < -0.3 is 10.1 Å². The number of ether oxygens (including phenoxy) is 1. The molecule has 22 heavy (non-hydrogen) atoms. The van der Waals surface area contributed by atoms with Crippen LogP contribution >= 0.6 is 0 Å². The third-order valence-electron chi connectivity index (χ3n) is 3.65. The van der Waals surface area contributed by atoms with Crippen LogP contribution in [0.3, 0.4) is 0 Å². The van der Waals surface area contributed by atoms with Crippen molar-refractivity contribution >= 4 is 21.6 Å². The highest BCUT2D eigenvalue weighted by Crippen LogP contribution is 2.34. The fraction of sp³-hybridized carbons (Fsp3) is 0.533. The number of nitrogens with zero attached hydrogens (tertiary/aromatic N) is 1. The minimum atomic E-state index is -3.31. The molecule has 1 aliphatic rings. The number of nitrogens with one attached hydrogen (secondary N) is 1. The fourth-order valence-electron chi connectivity index (χ4n) is 2.85. The quantitative estimate of drug-likeness (QED) is 0.881. The highest BCUT2D eigenvalue weighted by molar-refractivity contribution is 7.92. The summed E-state index contributed by atoms with van der Waals surface area (Å²) in [6, 6.07) is 4.92. The summed E-state index contributed by atoms with van der Waals surface area (Å²) in [5, 5.41) is 2.85. The molecule has 7 heteroatoms. The molecule has 0 bridgehead atoms. The molecule has 1 amide bonds. The second-order valence-electron chi connectivity index (χ2n) is 5.79. The predicted molar refractivity (Wildman–Crippen MR) is 85.7 cm³/mol. The summed E-state index contributed by atoms with van der Waals surface area (Å²) in [6.07, 6.45) is 1.81. The van der Waals surface area contributed by atoms with E-state index < -0.39 is 10.0 Å².